The maximum absolute atomic E-state index is 13.3. The van der Waals surface area contributed by atoms with E-state index in [0.29, 0.717) is 32.2 Å². The lowest BCUT2D eigenvalue weighted by Gasteiger charge is -2.28. The molecule has 3 aromatic rings. The van der Waals surface area contributed by atoms with Gasteiger partial charge in [0.1, 0.15) is 0 Å². The van der Waals surface area contributed by atoms with Crippen LogP contribution in [0.2, 0.25) is 0 Å². The van der Waals surface area contributed by atoms with E-state index in [4.69, 9.17) is 0 Å². The first-order chi connectivity index (χ1) is 17.9. The number of halogens is 2. The first-order valence-electron chi connectivity index (χ1n) is 12.9. The van der Waals surface area contributed by atoms with Gasteiger partial charge in [0.05, 0.1) is 13.1 Å². The Morgan fingerprint density at radius 3 is 2.05 bits per heavy atom. The quantitative estimate of drug-likeness (QED) is 0.354. The van der Waals surface area contributed by atoms with Crippen LogP contribution in [0.1, 0.15) is 25.0 Å². The molecule has 0 unspecified atom stereocenters. The lowest BCUT2D eigenvalue weighted by molar-refractivity contribution is -0.145. The average molecular weight is 573 g/mol. The highest BCUT2D eigenvalue weighted by Gasteiger charge is 2.25. The summed E-state index contributed by atoms with van der Waals surface area (Å²) in [6.45, 7) is 6.99. The van der Waals surface area contributed by atoms with Crippen LogP contribution in [-0.4, -0.2) is 61.1 Å². The van der Waals surface area contributed by atoms with Crippen molar-refractivity contribution in [3.8, 4) is 11.1 Å². The molecular weight excluding hydrogens is 533 g/mol. The summed E-state index contributed by atoms with van der Waals surface area (Å²) in [5.74, 6) is -0.139. The molecule has 39 heavy (non-hydrogen) atoms. The number of amides is 2. The molecule has 210 valence electrons. The van der Waals surface area contributed by atoms with Gasteiger partial charge in [0, 0.05) is 45.0 Å². The largest absolute Gasteiger partial charge is 0.313 e. The Labute approximate surface area is 244 Å². The number of hydrogen-bond acceptors (Lipinski definition) is 5. The molecule has 1 heterocycles. The zero-order chi connectivity index (χ0) is 26.2. The predicted octanol–water partition coefficient (Wildman–Crippen LogP) is 4.51. The van der Waals surface area contributed by atoms with Gasteiger partial charge in [-0.05, 0) is 34.4 Å². The number of carbonyl (C=O) groups excluding carboxylic acids is 2. The second kappa shape index (κ2) is 15.6. The van der Waals surface area contributed by atoms with Gasteiger partial charge in [0.15, 0.2) is 0 Å². The molecule has 0 fully saturated rings. The lowest BCUT2D eigenvalue weighted by Crippen LogP contribution is -2.47. The minimum Gasteiger partial charge on any atom is -0.313 e. The molecule has 0 spiro atoms. The molecule has 0 saturated carbocycles. The van der Waals surface area contributed by atoms with Gasteiger partial charge in [-0.3, -0.25) is 19.9 Å². The second-order valence-electron chi connectivity index (χ2n) is 9.68. The van der Waals surface area contributed by atoms with Crippen molar-refractivity contribution in [1.29, 1.82) is 0 Å². The van der Waals surface area contributed by atoms with Crippen molar-refractivity contribution in [2.75, 3.05) is 38.1 Å². The number of likely N-dealkylation sites (N-methyl/N-ethyl adjacent to an activating group) is 1. The van der Waals surface area contributed by atoms with Gasteiger partial charge in [-0.2, -0.15) is 0 Å². The van der Waals surface area contributed by atoms with Crippen LogP contribution in [0, 0.1) is 0 Å². The zero-order valence-corrected chi connectivity index (χ0v) is 24.4. The molecule has 0 aliphatic carbocycles. The Hall–Kier alpha value is -2.94. The van der Waals surface area contributed by atoms with Crippen LogP contribution in [0.15, 0.2) is 78.9 Å². The van der Waals surface area contributed by atoms with E-state index in [0.717, 1.165) is 16.8 Å². The number of nitrogens with one attached hydrogen (secondary N) is 2. The van der Waals surface area contributed by atoms with Gasteiger partial charge in [-0.15, -0.1) is 24.8 Å². The Kier molecular flexibility index (Phi) is 12.9. The third-order valence-electron chi connectivity index (χ3n) is 6.62. The van der Waals surface area contributed by atoms with Gasteiger partial charge in [0.2, 0.25) is 5.91 Å². The molecule has 0 saturated heterocycles. The smallest absolute Gasteiger partial charge is 0.250 e. The van der Waals surface area contributed by atoms with Crippen LogP contribution in [0.5, 0.6) is 0 Å². The number of hydrazine groups is 1. The summed E-state index contributed by atoms with van der Waals surface area (Å²) in [7, 11) is 1.79. The average Bonchev–Trinajstić information content (AvgIpc) is 3.35. The summed E-state index contributed by atoms with van der Waals surface area (Å²) in [4.78, 5) is 28.0. The number of nitrogens with zero attached hydrogens (tertiary/aromatic N) is 3. The van der Waals surface area contributed by atoms with Crippen LogP contribution in [0.25, 0.3) is 11.1 Å². The number of rotatable bonds is 11. The maximum atomic E-state index is 13.3. The monoisotopic (exact) mass is 571 g/mol. The molecule has 0 aromatic heterocycles. The molecule has 9 heteroatoms. The summed E-state index contributed by atoms with van der Waals surface area (Å²) in [6.07, 6.45) is 0. The molecule has 3 aromatic carbocycles. The fourth-order valence-electron chi connectivity index (χ4n) is 4.52. The topological polar surface area (TPSA) is 67.9 Å². The highest BCUT2D eigenvalue weighted by molar-refractivity contribution is 5.95. The number of carbonyl (C=O) groups is 2. The van der Waals surface area contributed by atoms with E-state index in [2.05, 4.69) is 54.8 Å². The van der Waals surface area contributed by atoms with Gasteiger partial charge in [-0.25, -0.2) is 5.01 Å². The van der Waals surface area contributed by atoms with Crippen molar-refractivity contribution in [2.45, 2.75) is 33.0 Å². The molecule has 7 nitrogen and oxygen atoms in total. The summed E-state index contributed by atoms with van der Waals surface area (Å²) < 4.78 is 0. The maximum Gasteiger partial charge on any atom is 0.250 e. The third kappa shape index (κ3) is 8.78. The Bertz CT molecular complexity index is 1180. The Morgan fingerprint density at radius 1 is 0.821 bits per heavy atom. The van der Waals surface area contributed by atoms with Crippen molar-refractivity contribution < 1.29 is 9.59 Å². The zero-order valence-electron chi connectivity index (χ0n) is 22.8. The van der Waals surface area contributed by atoms with E-state index in [9.17, 15) is 9.59 Å². The van der Waals surface area contributed by atoms with Gasteiger partial charge < -0.3 is 10.2 Å². The summed E-state index contributed by atoms with van der Waals surface area (Å²) >= 11 is 0. The minimum absolute atomic E-state index is 0. The first kappa shape index (κ1) is 32.3. The van der Waals surface area contributed by atoms with E-state index < -0.39 is 0 Å². The molecule has 0 atom stereocenters. The number of fused-ring (bicyclic) bond motifs is 1. The van der Waals surface area contributed by atoms with Crippen LogP contribution >= 0.6 is 24.8 Å². The molecule has 0 bridgehead atoms. The first-order valence-corrected chi connectivity index (χ1v) is 12.9. The van der Waals surface area contributed by atoms with Gasteiger partial charge >= 0.3 is 0 Å². The van der Waals surface area contributed by atoms with Gasteiger partial charge in [-0.1, -0.05) is 80.6 Å². The van der Waals surface area contributed by atoms with Crippen molar-refractivity contribution in [1.82, 2.24) is 20.7 Å². The van der Waals surface area contributed by atoms with Crippen molar-refractivity contribution >= 4 is 42.3 Å². The number of benzene rings is 3. The van der Waals surface area contributed by atoms with Crippen molar-refractivity contribution in [2.24, 2.45) is 0 Å². The summed E-state index contributed by atoms with van der Waals surface area (Å²) in [5.41, 5.74) is 5.50. The van der Waals surface area contributed by atoms with E-state index in [1.807, 2.05) is 53.5 Å². The predicted molar refractivity (Wildman–Crippen MR) is 163 cm³/mol. The number of hydrogen-bond donors (Lipinski definition) is 2. The van der Waals surface area contributed by atoms with Crippen molar-refractivity contribution in [3.05, 3.63) is 90.0 Å². The SMILES string of the molecule is CC(C)NCCN(C(=O)CNCC(=O)N(C)N1Cc2ccccc2C1)c1cccc(-c2ccccc2)c1.Cl.Cl. The molecule has 4 rings (SSSR count). The van der Waals surface area contributed by atoms with E-state index in [-0.39, 0.29) is 49.7 Å². The van der Waals surface area contributed by atoms with Crippen LogP contribution in [0.4, 0.5) is 5.69 Å². The van der Waals surface area contributed by atoms with Crippen molar-refractivity contribution in [3.63, 3.8) is 0 Å². The molecule has 1 aliphatic heterocycles. The minimum atomic E-state index is -0.0697. The molecular formula is C30H39Cl2N5O2. The lowest BCUT2D eigenvalue weighted by atomic mass is 10.0. The van der Waals surface area contributed by atoms with Gasteiger partial charge in [0.25, 0.3) is 5.91 Å². The fraction of sp³-hybridized carbons (Fsp3) is 0.333. The second-order valence-corrected chi connectivity index (χ2v) is 9.68. The third-order valence-corrected chi connectivity index (χ3v) is 6.62. The van der Waals surface area contributed by atoms with E-state index in [1.165, 1.54) is 11.1 Å². The highest BCUT2D eigenvalue weighted by atomic mass is 35.5. The normalized spacial score (nSPS) is 12.3. The van der Waals surface area contributed by atoms with Crippen LogP contribution in [0.3, 0.4) is 0 Å². The number of anilines is 1. The van der Waals surface area contributed by atoms with E-state index >= 15 is 0 Å². The Balaban J connectivity index is 0.00000267. The molecule has 2 amide bonds. The van der Waals surface area contributed by atoms with Crippen LogP contribution < -0.4 is 15.5 Å². The van der Waals surface area contributed by atoms with E-state index in [1.54, 1.807) is 17.0 Å². The molecule has 0 radical (unpaired) electrons. The fourth-order valence-corrected chi connectivity index (χ4v) is 4.52. The Morgan fingerprint density at radius 2 is 1.41 bits per heavy atom. The summed E-state index contributed by atoms with van der Waals surface area (Å²) in [6, 6.07) is 26.8. The van der Waals surface area contributed by atoms with Crippen LogP contribution in [-0.2, 0) is 22.7 Å². The standard InChI is InChI=1S/C30H37N5O2.2ClH/c1-23(2)32-16-17-35(28-15-9-14-25(18-28)24-10-5-4-6-11-24)30(37)20-31-19-29(36)33(3)34-21-26-12-7-8-13-27(26)22-34;;/h4-15,18,23,31-32H,16-17,19-22H2,1-3H3;2*1H. The highest BCUT2D eigenvalue weighted by Crippen LogP contribution is 2.25. The summed E-state index contributed by atoms with van der Waals surface area (Å²) in [5, 5.41) is 10.2. The molecule has 2 N–H and O–H groups in total. The molecule has 1 aliphatic rings.